The van der Waals surface area contributed by atoms with Gasteiger partial charge in [0.2, 0.25) is 5.91 Å². The molecule has 3 saturated heterocycles. The zero-order valence-corrected chi connectivity index (χ0v) is 21.9. The number of benzene rings is 2. The maximum absolute atomic E-state index is 13.9. The fraction of sp³-hybridized carbons (Fsp3) is 0.462. The number of thioether (sulfide) groups is 2. The molecular weight excluding hydrogens is 504 g/mol. The molecule has 35 heavy (non-hydrogen) atoms. The SMILES string of the molecule is Cl.NC1C(=O)N2CC(SCC3CCCCO3)(C(=O)OC(c3ccccc3)c3ccccc3)CS[C@H]12. The van der Waals surface area contributed by atoms with E-state index in [1.165, 1.54) is 0 Å². The molecular formula is C26H31ClN2O4S2. The Balaban J connectivity index is 0.00000289. The highest BCUT2D eigenvalue weighted by Gasteiger charge is 2.57. The van der Waals surface area contributed by atoms with Gasteiger partial charge in [0.1, 0.15) is 16.2 Å². The van der Waals surface area contributed by atoms with Crippen molar-refractivity contribution in [2.45, 2.75) is 47.6 Å². The van der Waals surface area contributed by atoms with E-state index in [2.05, 4.69) is 0 Å². The number of carbonyl (C=O) groups is 2. The molecule has 2 aromatic carbocycles. The molecule has 188 valence electrons. The predicted molar refractivity (Wildman–Crippen MR) is 143 cm³/mol. The van der Waals surface area contributed by atoms with Crippen molar-refractivity contribution in [3.8, 4) is 0 Å². The second-order valence-corrected chi connectivity index (χ2v) is 11.6. The van der Waals surface area contributed by atoms with Crippen molar-refractivity contribution in [1.82, 2.24) is 4.90 Å². The Morgan fingerprint density at radius 2 is 1.80 bits per heavy atom. The first-order valence-electron chi connectivity index (χ1n) is 11.8. The molecule has 9 heteroatoms. The van der Waals surface area contributed by atoms with E-state index in [4.69, 9.17) is 15.2 Å². The van der Waals surface area contributed by atoms with E-state index < -0.39 is 16.9 Å². The fourth-order valence-corrected chi connectivity index (χ4v) is 7.75. The average Bonchev–Trinajstić information content (AvgIpc) is 2.91. The molecule has 0 saturated carbocycles. The number of hydrogen-bond donors (Lipinski definition) is 1. The smallest absolute Gasteiger partial charge is 0.325 e. The van der Waals surface area contributed by atoms with Gasteiger partial charge in [-0.05, 0) is 30.4 Å². The third-order valence-electron chi connectivity index (χ3n) is 6.72. The van der Waals surface area contributed by atoms with Gasteiger partial charge >= 0.3 is 5.97 Å². The molecule has 0 radical (unpaired) electrons. The molecule has 3 heterocycles. The van der Waals surface area contributed by atoms with Gasteiger partial charge in [0, 0.05) is 24.7 Å². The van der Waals surface area contributed by atoms with Crippen LogP contribution in [0.25, 0.3) is 0 Å². The topological polar surface area (TPSA) is 81.9 Å². The Morgan fingerprint density at radius 3 is 2.40 bits per heavy atom. The second-order valence-electron chi connectivity index (χ2n) is 9.09. The normalized spacial score (nSPS) is 28.0. The number of nitrogens with zero attached hydrogens (tertiary/aromatic N) is 1. The van der Waals surface area contributed by atoms with E-state index in [1.807, 2.05) is 60.7 Å². The number of nitrogens with two attached hydrogens (primary N) is 1. The van der Waals surface area contributed by atoms with Gasteiger partial charge in [0.05, 0.1) is 6.10 Å². The molecule has 4 atom stereocenters. The van der Waals surface area contributed by atoms with E-state index in [-0.39, 0.29) is 35.8 Å². The summed E-state index contributed by atoms with van der Waals surface area (Å²) < 4.78 is 11.4. The molecule has 3 fully saturated rings. The van der Waals surface area contributed by atoms with E-state index in [0.29, 0.717) is 18.1 Å². The summed E-state index contributed by atoms with van der Waals surface area (Å²) in [5.41, 5.74) is 7.85. The minimum absolute atomic E-state index is 0. The number of amides is 1. The predicted octanol–water partition coefficient (Wildman–Crippen LogP) is 4.02. The van der Waals surface area contributed by atoms with Crippen molar-refractivity contribution in [3.05, 3.63) is 71.8 Å². The van der Waals surface area contributed by atoms with Crippen LogP contribution in [0.5, 0.6) is 0 Å². The first kappa shape index (κ1) is 26.4. The minimum atomic E-state index is -0.862. The zero-order valence-electron chi connectivity index (χ0n) is 19.4. The number of halogens is 1. The van der Waals surface area contributed by atoms with E-state index in [1.54, 1.807) is 28.4 Å². The number of ether oxygens (including phenoxy) is 2. The van der Waals surface area contributed by atoms with Gasteiger partial charge in [0.15, 0.2) is 6.10 Å². The molecule has 0 aromatic heterocycles. The van der Waals surface area contributed by atoms with Gasteiger partial charge in [-0.2, -0.15) is 0 Å². The highest BCUT2D eigenvalue weighted by atomic mass is 35.5. The number of esters is 1. The summed E-state index contributed by atoms with van der Waals surface area (Å²) in [6.45, 7) is 1.09. The van der Waals surface area contributed by atoms with Crippen molar-refractivity contribution in [1.29, 1.82) is 0 Å². The molecule has 1 amide bonds. The number of fused-ring (bicyclic) bond motifs is 1. The van der Waals surface area contributed by atoms with Gasteiger partial charge in [-0.25, -0.2) is 0 Å². The Labute approximate surface area is 221 Å². The molecule has 2 N–H and O–H groups in total. The van der Waals surface area contributed by atoms with Crippen molar-refractivity contribution in [2.75, 3.05) is 24.7 Å². The van der Waals surface area contributed by atoms with Crippen molar-refractivity contribution < 1.29 is 19.1 Å². The zero-order chi connectivity index (χ0) is 23.5. The van der Waals surface area contributed by atoms with Crippen LogP contribution < -0.4 is 5.73 Å². The van der Waals surface area contributed by atoms with Crippen LogP contribution in [0.4, 0.5) is 0 Å². The number of hydrogen-bond acceptors (Lipinski definition) is 7. The number of β-lactam (4-membered cyclic amide) rings is 1. The first-order valence-corrected chi connectivity index (χ1v) is 13.8. The lowest BCUT2D eigenvalue weighted by Gasteiger charge is -2.53. The summed E-state index contributed by atoms with van der Waals surface area (Å²) in [5, 5.41) is -0.0565. The lowest BCUT2D eigenvalue weighted by Crippen LogP contribution is -2.73. The maximum atomic E-state index is 13.9. The van der Waals surface area contributed by atoms with E-state index >= 15 is 0 Å². The quantitative estimate of drug-likeness (QED) is 0.424. The van der Waals surface area contributed by atoms with Crippen molar-refractivity contribution in [3.63, 3.8) is 0 Å². The lowest BCUT2D eigenvalue weighted by molar-refractivity contribution is -0.154. The van der Waals surface area contributed by atoms with Crippen LogP contribution in [-0.2, 0) is 19.1 Å². The monoisotopic (exact) mass is 534 g/mol. The van der Waals surface area contributed by atoms with Gasteiger partial charge in [-0.3, -0.25) is 9.59 Å². The molecule has 0 spiro atoms. The molecule has 6 nitrogen and oxygen atoms in total. The molecule has 2 aromatic rings. The number of carbonyl (C=O) groups excluding carboxylic acids is 2. The summed E-state index contributed by atoms with van der Waals surface area (Å²) in [4.78, 5) is 28.2. The minimum Gasteiger partial charge on any atom is -0.451 e. The molecule has 3 unspecified atom stereocenters. The highest BCUT2D eigenvalue weighted by Crippen LogP contribution is 2.45. The first-order chi connectivity index (χ1) is 16.6. The Hall–Kier alpha value is -1.71. The van der Waals surface area contributed by atoms with Crippen LogP contribution in [-0.4, -0.2) is 63.7 Å². The molecule has 3 aliphatic rings. The summed E-state index contributed by atoms with van der Waals surface area (Å²) in [6, 6.07) is 19.1. The van der Waals surface area contributed by atoms with Crippen LogP contribution in [0.15, 0.2) is 60.7 Å². The van der Waals surface area contributed by atoms with Gasteiger partial charge < -0.3 is 20.1 Å². The average molecular weight is 535 g/mol. The standard InChI is InChI=1S/C26H30N2O4S2.ClH/c27-21-23(29)28-16-26(17-33-24(21)28,34-15-20-13-7-8-14-31-20)25(30)32-22(18-9-3-1-4-10-18)19-11-5-2-6-12-19;/h1-6,9-12,20-22,24H,7-8,13-17,27H2;1H/t20?,21?,24-,26?;/m1./s1. The Bertz CT molecular complexity index is 969. The van der Waals surface area contributed by atoms with E-state index in [0.717, 1.165) is 37.0 Å². The van der Waals surface area contributed by atoms with Crippen LogP contribution >= 0.6 is 35.9 Å². The highest BCUT2D eigenvalue weighted by molar-refractivity contribution is 8.05. The van der Waals surface area contributed by atoms with Gasteiger partial charge in [0.25, 0.3) is 0 Å². The summed E-state index contributed by atoms with van der Waals surface area (Å²) >= 11 is 3.16. The lowest BCUT2D eigenvalue weighted by atomic mass is 10.00. The molecule has 0 aliphatic carbocycles. The van der Waals surface area contributed by atoms with Crippen LogP contribution in [0.1, 0.15) is 36.5 Å². The third kappa shape index (κ3) is 5.52. The van der Waals surface area contributed by atoms with Crippen molar-refractivity contribution in [2.24, 2.45) is 5.73 Å². The summed E-state index contributed by atoms with van der Waals surface area (Å²) in [5.74, 6) is 0.883. The summed E-state index contributed by atoms with van der Waals surface area (Å²) in [6.07, 6.45) is 2.83. The van der Waals surface area contributed by atoms with Crippen molar-refractivity contribution >= 4 is 47.8 Å². The van der Waals surface area contributed by atoms with Crippen LogP contribution in [0.2, 0.25) is 0 Å². The van der Waals surface area contributed by atoms with Gasteiger partial charge in [-0.15, -0.1) is 35.9 Å². The molecule has 0 bridgehead atoms. The molecule has 3 aliphatic heterocycles. The van der Waals surface area contributed by atoms with Crippen LogP contribution in [0.3, 0.4) is 0 Å². The second kappa shape index (κ2) is 11.6. The maximum Gasteiger partial charge on any atom is 0.325 e. The molecule has 5 rings (SSSR count). The third-order valence-corrected chi connectivity index (χ3v) is 9.98. The fourth-order valence-electron chi connectivity index (χ4n) is 4.71. The number of rotatable bonds is 7. The van der Waals surface area contributed by atoms with E-state index in [9.17, 15) is 9.59 Å². The Morgan fingerprint density at radius 1 is 1.14 bits per heavy atom. The largest absolute Gasteiger partial charge is 0.451 e. The van der Waals surface area contributed by atoms with Crippen LogP contribution in [0, 0.1) is 0 Å². The summed E-state index contributed by atoms with van der Waals surface area (Å²) in [7, 11) is 0. The van der Waals surface area contributed by atoms with Gasteiger partial charge in [-0.1, -0.05) is 60.7 Å². The Kier molecular flexibility index (Phi) is 8.71.